The molecule has 1 aromatic carbocycles. The van der Waals surface area contributed by atoms with E-state index in [2.05, 4.69) is 5.32 Å². The van der Waals surface area contributed by atoms with Gasteiger partial charge in [0.2, 0.25) is 0 Å². The summed E-state index contributed by atoms with van der Waals surface area (Å²) >= 11 is 5.90. The van der Waals surface area contributed by atoms with Crippen LogP contribution in [0.25, 0.3) is 0 Å². The Morgan fingerprint density at radius 3 is 2.95 bits per heavy atom. The molecule has 1 fully saturated rings. The van der Waals surface area contributed by atoms with E-state index in [1.165, 1.54) is 0 Å². The lowest BCUT2D eigenvalue weighted by Gasteiger charge is -2.23. The van der Waals surface area contributed by atoms with Crippen molar-refractivity contribution in [3.63, 3.8) is 0 Å². The van der Waals surface area contributed by atoms with Gasteiger partial charge in [-0.25, -0.2) is 4.79 Å². The Kier molecular flexibility index (Phi) is 5.26. The van der Waals surface area contributed by atoms with Crippen molar-refractivity contribution in [2.24, 2.45) is 5.92 Å². The van der Waals surface area contributed by atoms with Gasteiger partial charge in [0.15, 0.2) is 0 Å². The van der Waals surface area contributed by atoms with Crippen molar-refractivity contribution in [3.8, 4) is 0 Å². The molecular weight excluding hydrogens is 276 g/mol. The highest BCUT2D eigenvalue weighted by Gasteiger charge is 2.27. The average molecular weight is 297 g/mol. The van der Waals surface area contributed by atoms with E-state index in [1.54, 1.807) is 18.0 Å². The van der Waals surface area contributed by atoms with Crippen LogP contribution in [0.3, 0.4) is 0 Å². The predicted octanol–water partition coefficient (Wildman–Crippen LogP) is 2.64. The largest absolute Gasteiger partial charge is 0.393 e. The molecule has 2 amide bonds. The first-order valence-electron chi connectivity index (χ1n) is 6.97. The number of urea groups is 1. The molecule has 1 aliphatic carbocycles. The lowest BCUT2D eigenvalue weighted by molar-refractivity contribution is 0.114. The molecule has 4 nitrogen and oxygen atoms in total. The fraction of sp³-hybridized carbons (Fsp3) is 0.533. The van der Waals surface area contributed by atoms with E-state index < -0.39 is 0 Å². The molecule has 20 heavy (non-hydrogen) atoms. The zero-order valence-corrected chi connectivity index (χ0v) is 12.4. The summed E-state index contributed by atoms with van der Waals surface area (Å²) in [7, 11) is 1.76. The highest BCUT2D eigenvalue weighted by Crippen LogP contribution is 2.25. The van der Waals surface area contributed by atoms with Gasteiger partial charge in [0.25, 0.3) is 0 Å². The number of halogens is 1. The number of benzene rings is 1. The van der Waals surface area contributed by atoms with Crippen LogP contribution < -0.4 is 5.32 Å². The second kappa shape index (κ2) is 6.95. The molecule has 2 N–H and O–H groups in total. The third-order valence-electron chi connectivity index (χ3n) is 3.81. The van der Waals surface area contributed by atoms with Crippen molar-refractivity contribution in [2.75, 3.05) is 13.6 Å². The van der Waals surface area contributed by atoms with Gasteiger partial charge in [-0.05, 0) is 30.5 Å². The van der Waals surface area contributed by atoms with Crippen LogP contribution in [0.2, 0.25) is 5.02 Å². The first-order chi connectivity index (χ1) is 9.56. The van der Waals surface area contributed by atoms with Crippen molar-refractivity contribution in [1.82, 2.24) is 10.2 Å². The first kappa shape index (κ1) is 15.1. The number of amides is 2. The fourth-order valence-electron chi connectivity index (χ4n) is 2.62. The molecule has 0 bridgehead atoms. The molecule has 0 aliphatic heterocycles. The van der Waals surface area contributed by atoms with Crippen LogP contribution in [-0.2, 0) is 6.54 Å². The summed E-state index contributed by atoms with van der Waals surface area (Å²) in [5.41, 5.74) is 0.972. The Morgan fingerprint density at radius 1 is 1.50 bits per heavy atom. The van der Waals surface area contributed by atoms with Crippen LogP contribution in [0, 0.1) is 5.92 Å². The Balaban J connectivity index is 1.79. The summed E-state index contributed by atoms with van der Waals surface area (Å²) in [5, 5.41) is 13.3. The highest BCUT2D eigenvalue weighted by atomic mass is 35.5. The van der Waals surface area contributed by atoms with Crippen LogP contribution in [0.1, 0.15) is 24.8 Å². The summed E-state index contributed by atoms with van der Waals surface area (Å²) in [6.45, 7) is 1.06. The lowest BCUT2D eigenvalue weighted by atomic mass is 10.1. The maximum Gasteiger partial charge on any atom is 0.317 e. The summed E-state index contributed by atoms with van der Waals surface area (Å²) in [6, 6.07) is 7.31. The number of rotatable bonds is 4. The second-order valence-electron chi connectivity index (χ2n) is 5.43. The Morgan fingerprint density at radius 2 is 2.30 bits per heavy atom. The molecule has 0 saturated heterocycles. The van der Waals surface area contributed by atoms with Crippen molar-refractivity contribution < 1.29 is 9.90 Å². The van der Waals surface area contributed by atoms with Crippen LogP contribution in [0.4, 0.5) is 4.79 Å². The molecule has 0 radical (unpaired) electrons. The molecule has 2 atom stereocenters. The first-order valence-corrected chi connectivity index (χ1v) is 7.35. The average Bonchev–Trinajstić information content (AvgIpc) is 2.81. The van der Waals surface area contributed by atoms with Gasteiger partial charge in [0.05, 0.1) is 6.10 Å². The summed E-state index contributed by atoms with van der Waals surface area (Å²) in [4.78, 5) is 13.6. The van der Waals surface area contributed by atoms with E-state index in [0.717, 1.165) is 24.8 Å². The highest BCUT2D eigenvalue weighted by molar-refractivity contribution is 6.30. The van der Waals surface area contributed by atoms with Gasteiger partial charge < -0.3 is 15.3 Å². The lowest BCUT2D eigenvalue weighted by Crippen LogP contribution is -2.40. The molecule has 110 valence electrons. The van der Waals surface area contributed by atoms with Crippen LogP contribution in [0.5, 0.6) is 0 Å². The third kappa shape index (κ3) is 4.12. The van der Waals surface area contributed by atoms with E-state index >= 15 is 0 Å². The van der Waals surface area contributed by atoms with Crippen molar-refractivity contribution in [1.29, 1.82) is 0 Å². The zero-order chi connectivity index (χ0) is 14.5. The van der Waals surface area contributed by atoms with E-state index in [0.29, 0.717) is 18.1 Å². The molecule has 5 heteroatoms. The number of carbonyl (C=O) groups excluding carboxylic acids is 1. The van der Waals surface area contributed by atoms with Crippen molar-refractivity contribution >= 4 is 17.6 Å². The molecule has 2 rings (SSSR count). The normalized spacial score (nSPS) is 21.8. The number of hydrogen-bond acceptors (Lipinski definition) is 2. The summed E-state index contributed by atoms with van der Waals surface area (Å²) in [6.07, 6.45) is 2.62. The monoisotopic (exact) mass is 296 g/mol. The van der Waals surface area contributed by atoms with Crippen LogP contribution in [-0.4, -0.2) is 35.7 Å². The maximum atomic E-state index is 12.0. The molecular formula is C15H21ClN2O2. The van der Waals surface area contributed by atoms with E-state index in [1.807, 2.05) is 18.2 Å². The fourth-order valence-corrected chi connectivity index (χ4v) is 2.84. The van der Waals surface area contributed by atoms with Gasteiger partial charge in [0.1, 0.15) is 0 Å². The van der Waals surface area contributed by atoms with Gasteiger partial charge in [0, 0.05) is 31.1 Å². The molecule has 0 spiro atoms. The second-order valence-corrected chi connectivity index (χ2v) is 5.86. The SMILES string of the molecule is CN(CC1CCCC1O)C(=O)NCc1cccc(Cl)c1. The van der Waals surface area contributed by atoms with Crippen LogP contribution in [0.15, 0.2) is 24.3 Å². The van der Waals surface area contributed by atoms with Crippen molar-refractivity contribution in [3.05, 3.63) is 34.9 Å². The minimum absolute atomic E-state index is 0.121. The quantitative estimate of drug-likeness (QED) is 0.897. The van der Waals surface area contributed by atoms with Gasteiger partial charge in [-0.15, -0.1) is 0 Å². The van der Waals surface area contributed by atoms with E-state index in [4.69, 9.17) is 11.6 Å². The molecule has 1 saturated carbocycles. The molecule has 0 aromatic heterocycles. The number of nitrogens with one attached hydrogen (secondary N) is 1. The van der Waals surface area contributed by atoms with Gasteiger partial charge >= 0.3 is 6.03 Å². The number of aliphatic hydroxyl groups excluding tert-OH is 1. The van der Waals surface area contributed by atoms with Gasteiger partial charge in [-0.2, -0.15) is 0 Å². The molecule has 0 heterocycles. The number of nitrogens with zero attached hydrogens (tertiary/aromatic N) is 1. The number of carbonyl (C=O) groups is 1. The topological polar surface area (TPSA) is 52.6 Å². The van der Waals surface area contributed by atoms with Crippen LogP contribution >= 0.6 is 11.6 Å². The van der Waals surface area contributed by atoms with Gasteiger partial charge in [-0.3, -0.25) is 0 Å². The Hall–Kier alpha value is -1.26. The number of hydrogen-bond donors (Lipinski definition) is 2. The van der Waals surface area contributed by atoms with Gasteiger partial charge in [-0.1, -0.05) is 30.2 Å². The standard InChI is InChI=1S/C15H21ClN2O2/c1-18(10-12-5-3-7-14(12)19)15(20)17-9-11-4-2-6-13(16)8-11/h2,4,6,8,12,14,19H,3,5,7,9-10H2,1H3,(H,17,20). The minimum atomic E-state index is -0.266. The summed E-state index contributed by atoms with van der Waals surface area (Å²) in [5.74, 6) is 0.205. The molecule has 2 unspecified atom stereocenters. The molecule has 1 aliphatic rings. The maximum absolute atomic E-state index is 12.0. The van der Waals surface area contributed by atoms with E-state index in [9.17, 15) is 9.90 Å². The van der Waals surface area contributed by atoms with E-state index in [-0.39, 0.29) is 18.1 Å². The van der Waals surface area contributed by atoms with Crippen molar-refractivity contribution in [2.45, 2.75) is 31.9 Å². The Bertz CT molecular complexity index is 467. The summed E-state index contributed by atoms with van der Waals surface area (Å²) < 4.78 is 0. The third-order valence-corrected chi connectivity index (χ3v) is 4.04. The number of aliphatic hydroxyl groups is 1. The minimum Gasteiger partial charge on any atom is -0.393 e. The predicted molar refractivity (Wildman–Crippen MR) is 79.7 cm³/mol. The smallest absolute Gasteiger partial charge is 0.317 e. The zero-order valence-electron chi connectivity index (χ0n) is 11.7. The molecule has 1 aromatic rings. The Labute approximate surface area is 124 Å².